The Morgan fingerprint density at radius 3 is 1.48 bits per heavy atom. The van der Waals surface area contributed by atoms with E-state index < -0.39 is 0 Å². The van der Waals surface area contributed by atoms with E-state index in [0.29, 0.717) is 0 Å². The van der Waals surface area contributed by atoms with E-state index in [1.165, 1.54) is 70.6 Å². The number of rotatable bonds is 12. The maximum absolute atomic E-state index is 2.60. The highest BCUT2D eigenvalue weighted by molar-refractivity contribution is 7.21. The molecule has 0 unspecified atom stereocenters. The van der Waals surface area contributed by atoms with Crippen molar-refractivity contribution in [2.45, 2.75) is 137 Å². The topological polar surface area (TPSA) is 0 Å². The summed E-state index contributed by atoms with van der Waals surface area (Å²) in [6, 6.07) is 5.18. The van der Waals surface area contributed by atoms with Crippen molar-refractivity contribution in [1.82, 2.24) is 0 Å². The first-order chi connectivity index (χ1) is 15.6. The van der Waals surface area contributed by atoms with E-state index in [-0.39, 0.29) is 10.8 Å². The first-order valence-corrected chi connectivity index (χ1v) is 15.3. The molecule has 0 aliphatic heterocycles. The first kappa shape index (κ1) is 26.7. The van der Waals surface area contributed by atoms with Crippen LogP contribution in [0.3, 0.4) is 0 Å². The van der Waals surface area contributed by atoms with Crippen LogP contribution in [0.1, 0.15) is 134 Å². The first-order valence-electron chi connectivity index (χ1n) is 13.7. The van der Waals surface area contributed by atoms with Crippen LogP contribution in [0.5, 0.6) is 0 Å². The molecule has 1 aromatic carbocycles. The summed E-state index contributed by atoms with van der Waals surface area (Å²) in [4.78, 5) is 3.13. The second-order valence-corrected chi connectivity index (χ2v) is 13.9. The number of benzene rings is 1. The highest BCUT2D eigenvalue weighted by atomic mass is 32.1. The lowest BCUT2D eigenvalue weighted by molar-refractivity contribution is 0.517. The van der Waals surface area contributed by atoms with Gasteiger partial charge in [0.15, 0.2) is 0 Å². The van der Waals surface area contributed by atoms with Crippen LogP contribution in [0.15, 0.2) is 12.1 Å². The molecule has 0 atom stereocenters. The second kappa shape index (κ2) is 11.3. The van der Waals surface area contributed by atoms with E-state index in [9.17, 15) is 0 Å². The van der Waals surface area contributed by atoms with Crippen molar-refractivity contribution in [3.05, 3.63) is 33.0 Å². The zero-order chi connectivity index (χ0) is 24.2. The SMILES string of the molecule is CCCCCCc1c2cc(C(C)(C)CC)sc2c(CCCCCC)c2cc(C(C)(C)C)sc12. The summed E-state index contributed by atoms with van der Waals surface area (Å²) >= 11 is 4.21. The van der Waals surface area contributed by atoms with Gasteiger partial charge in [-0.3, -0.25) is 0 Å². The van der Waals surface area contributed by atoms with Gasteiger partial charge in [-0.2, -0.15) is 0 Å². The Bertz CT molecular complexity index is 972. The molecule has 184 valence electrons. The molecule has 0 fully saturated rings. The van der Waals surface area contributed by atoms with E-state index in [2.05, 4.69) is 90.2 Å². The summed E-state index contributed by atoms with van der Waals surface area (Å²) in [6.07, 6.45) is 14.3. The molecule has 2 aromatic heterocycles. The van der Waals surface area contributed by atoms with Gasteiger partial charge < -0.3 is 0 Å². The second-order valence-electron chi connectivity index (χ2n) is 11.8. The summed E-state index contributed by atoms with van der Waals surface area (Å²) in [5.41, 5.74) is 3.78. The van der Waals surface area contributed by atoms with Gasteiger partial charge in [0.1, 0.15) is 0 Å². The molecule has 0 bridgehead atoms. The standard InChI is InChI=1S/C31H48S2/c1-9-12-14-16-18-22-24-20-26(30(4,5)6)32-28(24)23(19-17-15-13-10-2)25-21-27(33-29(22)25)31(7,8)11-3/h20-21H,9-19H2,1-8H3. The number of aryl methyl sites for hydroxylation is 2. The van der Waals surface area contributed by atoms with Crippen LogP contribution in [0.2, 0.25) is 0 Å². The average Bonchev–Trinajstić information content (AvgIpc) is 3.40. The molecule has 0 nitrogen and oxygen atoms in total. The van der Waals surface area contributed by atoms with Crippen molar-refractivity contribution < 1.29 is 0 Å². The Morgan fingerprint density at radius 2 is 1.06 bits per heavy atom. The summed E-state index contributed by atoms with van der Waals surface area (Å²) in [7, 11) is 0. The fourth-order valence-corrected chi connectivity index (χ4v) is 7.53. The lowest BCUT2D eigenvalue weighted by Gasteiger charge is -2.20. The predicted molar refractivity (Wildman–Crippen MR) is 155 cm³/mol. The highest BCUT2D eigenvalue weighted by Crippen LogP contribution is 2.47. The quantitative estimate of drug-likeness (QED) is 0.224. The third kappa shape index (κ3) is 6.04. The lowest BCUT2D eigenvalue weighted by atomic mass is 9.87. The minimum atomic E-state index is 0.214. The third-order valence-corrected chi connectivity index (χ3v) is 10.7. The van der Waals surface area contributed by atoms with Crippen LogP contribution in [0, 0.1) is 0 Å². The molecule has 3 rings (SSSR count). The largest absolute Gasteiger partial charge is 0.139 e. The smallest absolute Gasteiger partial charge is 0.0387 e. The van der Waals surface area contributed by atoms with Crippen molar-refractivity contribution in [1.29, 1.82) is 0 Å². The summed E-state index contributed by atoms with van der Waals surface area (Å²) in [5.74, 6) is 0. The molecule has 2 heterocycles. The Hall–Kier alpha value is -0.860. The van der Waals surface area contributed by atoms with Crippen LogP contribution in [0.25, 0.3) is 20.2 Å². The Balaban J connectivity index is 2.23. The summed E-state index contributed by atoms with van der Waals surface area (Å²) in [6.45, 7) is 19.0. The van der Waals surface area contributed by atoms with Gasteiger partial charge in [0.05, 0.1) is 0 Å². The fourth-order valence-electron chi connectivity index (χ4n) is 4.75. The molecule has 0 N–H and O–H groups in total. The molecule has 0 aliphatic carbocycles. The Labute approximate surface area is 212 Å². The average molecular weight is 485 g/mol. The molecule has 0 aliphatic rings. The number of hydrogen-bond donors (Lipinski definition) is 0. The molecule has 0 saturated carbocycles. The zero-order valence-electron chi connectivity index (χ0n) is 22.7. The van der Waals surface area contributed by atoms with Crippen LogP contribution in [-0.4, -0.2) is 0 Å². The lowest BCUT2D eigenvalue weighted by Crippen LogP contribution is -2.12. The minimum absolute atomic E-state index is 0.214. The van der Waals surface area contributed by atoms with Crippen molar-refractivity contribution in [3.8, 4) is 0 Å². The molecular formula is C31H48S2. The number of hydrogen-bond acceptors (Lipinski definition) is 2. The summed E-state index contributed by atoms with van der Waals surface area (Å²) in [5, 5.41) is 3.18. The molecule has 0 spiro atoms. The van der Waals surface area contributed by atoms with Gasteiger partial charge in [-0.25, -0.2) is 0 Å². The molecule has 33 heavy (non-hydrogen) atoms. The van der Waals surface area contributed by atoms with E-state index >= 15 is 0 Å². The van der Waals surface area contributed by atoms with E-state index in [1.807, 2.05) is 0 Å². The minimum Gasteiger partial charge on any atom is -0.139 e. The fraction of sp³-hybridized carbons (Fsp3) is 0.677. The number of unbranched alkanes of at least 4 members (excludes halogenated alkanes) is 6. The maximum Gasteiger partial charge on any atom is 0.0387 e. The molecular weight excluding hydrogens is 436 g/mol. The van der Waals surface area contributed by atoms with Gasteiger partial charge in [0.2, 0.25) is 0 Å². The Kier molecular flexibility index (Phi) is 9.12. The van der Waals surface area contributed by atoms with Gasteiger partial charge in [-0.1, -0.05) is 93.9 Å². The molecule has 3 aromatic rings. The van der Waals surface area contributed by atoms with Gasteiger partial charge in [-0.05, 0) is 77.0 Å². The van der Waals surface area contributed by atoms with Gasteiger partial charge in [0, 0.05) is 19.2 Å². The monoisotopic (exact) mass is 484 g/mol. The van der Waals surface area contributed by atoms with Gasteiger partial charge >= 0.3 is 0 Å². The van der Waals surface area contributed by atoms with E-state index in [4.69, 9.17) is 0 Å². The van der Waals surface area contributed by atoms with Crippen molar-refractivity contribution >= 4 is 42.8 Å². The predicted octanol–water partition coefficient (Wildman–Crippen LogP) is 11.3. The molecule has 2 heteroatoms. The van der Waals surface area contributed by atoms with Crippen molar-refractivity contribution in [2.24, 2.45) is 0 Å². The van der Waals surface area contributed by atoms with E-state index in [0.717, 1.165) is 0 Å². The van der Waals surface area contributed by atoms with Gasteiger partial charge in [0.25, 0.3) is 0 Å². The number of thiophene rings is 2. The van der Waals surface area contributed by atoms with Crippen LogP contribution < -0.4 is 0 Å². The van der Waals surface area contributed by atoms with Crippen molar-refractivity contribution in [2.75, 3.05) is 0 Å². The number of fused-ring (bicyclic) bond motifs is 2. The van der Waals surface area contributed by atoms with Crippen LogP contribution >= 0.6 is 22.7 Å². The van der Waals surface area contributed by atoms with Crippen molar-refractivity contribution in [3.63, 3.8) is 0 Å². The van der Waals surface area contributed by atoms with E-state index in [1.54, 1.807) is 41.1 Å². The normalized spacial score (nSPS) is 13.0. The third-order valence-electron chi connectivity index (χ3n) is 7.51. The maximum atomic E-state index is 2.60. The van der Waals surface area contributed by atoms with Crippen LogP contribution in [0.4, 0.5) is 0 Å². The summed E-state index contributed by atoms with van der Waals surface area (Å²) < 4.78 is 3.22. The Morgan fingerprint density at radius 1 is 0.606 bits per heavy atom. The van der Waals surface area contributed by atoms with Crippen LogP contribution in [-0.2, 0) is 23.7 Å². The molecule has 0 saturated heterocycles. The highest BCUT2D eigenvalue weighted by Gasteiger charge is 2.26. The van der Waals surface area contributed by atoms with Gasteiger partial charge in [-0.15, -0.1) is 22.7 Å². The molecule has 0 amide bonds. The zero-order valence-corrected chi connectivity index (χ0v) is 24.4. The molecule has 0 radical (unpaired) electrons.